The largest absolute Gasteiger partial charge is 0.395 e. The number of rotatable bonds is 5. The summed E-state index contributed by atoms with van der Waals surface area (Å²) in [4.78, 5) is 16.0. The highest BCUT2D eigenvalue weighted by Gasteiger charge is 2.18. The van der Waals surface area contributed by atoms with Crippen molar-refractivity contribution in [3.8, 4) is 0 Å². The Morgan fingerprint density at radius 2 is 2.25 bits per heavy atom. The van der Waals surface area contributed by atoms with E-state index < -0.39 is 0 Å². The van der Waals surface area contributed by atoms with E-state index >= 15 is 0 Å². The van der Waals surface area contributed by atoms with E-state index in [4.69, 9.17) is 10.3 Å². The van der Waals surface area contributed by atoms with Gasteiger partial charge in [-0.05, 0) is 12.8 Å². The summed E-state index contributed by atoms with van der Waals surface area (Å²) in [6.07, 6.45) is 0.466. The molecule has 0 fully saturated rings. The number of amides is 1. The van der Waals surface area contributed by atoms with Crippen LogP contribution in [0, 0.1) is 6.92 Å². The van der Waals surface area contributed by atoms with Gasteiger partial charge in [-0.2, -0.15) is 10.1 Å². The summed E-state index contributed by atoms with van der Waals surface area (Å²) in [6, 6.07) is 0. The van der Waals surface area contributed by atoms with E-state index in [-0.39, 0.29) is 17.5 Å². The van der Waals surface area contributed by atoms with Crippen LogP contribution in [0.3, 0.4) is 0 Å². The summed E-state index contributed by atoms with van der Waals surface area (Å²) in [5.41, 5.74) is 7.27. The maximum Gasteiger partial charge on any atom is 0.273 e. The van der Waals surface area contributed by atoms with E-state index in [0.29, 0.717) is 30.4 Å². The zero-order valence-electron chi connectivity index (χ0n) is 11.7. The molecule has 0 bridgehead atoms. The van der Waals surface area contributed by atoms with Gasteiger partial charge in [-0.25, -0.2) is 0 Å². The van der Waals surface area contributed by atoms with Crippen LogP contribution in [0.15, 0.2) is 4.52 Å². The minimum Gasteiger partial charge on any atom is -0.395 e. The fourth-order valence-electron chi connectivity index (χ4n) is 1.79. The Balaban J connectivity index is 1.92. The maximum atomic E-state index is 12.0. The lowest BCUT2D eigenvalue weighted by Gasteiger charge is -2.03. The third-order valence-corrected chi connectivity index (χ3v) is 2.82. The SMILES string of the molecule is Cc1noc(CCNC(=O)c2n[nH]c(C(C)C)c2N)n1. The molecule has 20 heavy (non-hydrogen) atoms. The first kappa shape index (κ1) is 14.0. The average molecular weight is 278 g/mol. The van der Waals surface area contributed by atoms with Gasteiger partial charge in [-0.3, -0.25) is 9.89 Å². The van der Waals surface area contributed by atoms with E-state index in [1.165, 1.54) is 0 Å². The molecule has 2 rings (SSSR count). The Morgan fingerprint density at radius 1 is 1.50 bits per heavy atom. The van der Waals surface area contributed by atoms with Crippen LogP contribution in [-0.4, -0.2) is 32.8 Å². The molecule has 2 heterocycles. The van der Waals surface area contributed by atoms with Gasteiger partial charge < -0.3 is 15.6 Å². The summed E-state index contributed by atoms with van der Waals surface area (Å²) in [5.74, 6) is 0.928. The highest BCUT2D eigenvalue weighted by atomic mass is 16.5. The number of aromatic nitrogens is 4. The molecule has 108 valence electrons. The third kappa shape index (κ3) is 2.95. The second-order valence-corrected chi connectivity index (χ2v) is 4.80. The van der Waals surface area contributed by atoms with Crippen LogP contribution in [0.25, 0.3) is 0 Å². The Bertz CT molecular complexity index is 601. The zero-order chi connectivity index (χ0) is 14.7. The Morgan fingerprint density at radius 3 is 2.80 bits per heavy atom. The number of carbonyl (C=O) groups is 1. The topological polar surface area (TPSA) is 123 Å². The first-order valence-corrected chi connectivity index (χ1v) is 6.40. The van der Waals surface area contributed by atoms with Crippen molar-refractivity contribution in [3.63, 3.8) is 0 Å². The number of nitrogens with zero attached hydrogens (tertiary/aromatic N) is 3. The van der Waals surface area contributed by atoms with E-state index in [1.54, 1.807) is 6.92 Å². The van der Waals surface area contributed by atoms with E-state index in [2.05, 4.69) is 25.7 Å². The molecule has 0 saturated heterocycles. The van der Waals surface area contributed by atoms with E-state index in [9.17, 15) is 4.79 Å². The Hall–Kier alpha value is -2.38. The number of carbonyl (C=O) groups excluding carboxylic acids is 1. The molecule has 2 aromatic heterocycles. The quantitative estimate of drug-likeness (QED) is 0.742. The highest BCUT2D eigenvalue weighted by molar-refractivity contribution is 5.97. The number of nitrogens with two attached hydrogens (primary N) is 1. The highest BCUT2D eigenvalue weighted by Crippen LogP contribution is 2.21. The van der Waals surface area contributed by atoms with Crippen molar-refractivity contribution >= 4 is 11.6 Å². The molecule has 0 aliphatic carbocycles. The lowest BCUT2D eigenvalue weighted by molar-refractivity contribution is 0.0949. The van der Waals surface area contributed by atoms with Gasteiger partial charge in [0.05, 0.1) is 11.4 Å². The molecule has 8 heteroatoms. The third-order valence-electron chi connectivity index (χ3n) is 2.82. The second kappa shape index (κ2) is 5.72. The lowest BCUT2D eigenvalue weighted by Crippen LogP contribution is -2.26. The summed E-state index contributed by atoms with van der Waals surface area (Å²) in [6.45, 7) is 6.07. The Kier molecular flexibility index (Phi) is 4.02. The molecule has 0 aromatic carbocycles. The van der Waals surface area contributed by atoms with E-state index in [1.807, 2.05) is 13.8 Å². The monoisotopic (exact) mass is 278 g/mol. The smallest absolute Gasteiger partial charge is 0.273 e. The van der Waals surface area contributed by atoms with Crippen molar-refractivity contribution in [1.29, 1.82) is 0 Å². The summed E-state index contributed by atoms with van der Waals surface area (Å²) >= 11 is 0. The maximum absolute atomic E-state index is 12.0. The van der Waals surface area contributed by atoms with Crippen molar-refractivity contribution in [2.75, 3.05) is 12.3 Å². The van der Waals surface area contributed by atoms with Gasteiger partial charge in [0.15, 0.2) is 11.5 Å². The number of aromatic amines is 1. The number of hydrogen-bond donors (Lipinski definition) is 3. The molecule has 0 radical (unpaired) electrons. The molecular formula is C12H18N6O2. The Labute approximate surface area is 116 Å². The van der Waals surface area contributed by atoms with Crippen molar-refractivity contribution in [1.82, 2.24) is 25.7 Å². The number of H-pyrrole nitrogens is 1. The normalized spacial score (nSPS) is 11.0. The van der Waals surface area contributed by atoms with E-state index in [0.717, 1.165) is 5.69 Å². The second-order valence-electron chi connectivity index (χ2n) is 4.80. The minimum absolute atomic E-state index is 0.186. The molecule has 0 aliphatic rings. The van der Waals surface area contributed by atoms with Gasteiger partial charge in [-0.1, -0.05) is 19.0 Å². The molecule has 0 spiro atoms. The molecule has 0 saturated carbocycles. The first-order chi connectivity index (χ1) is 9.49. The molecule has 1 amide bonds. The predicted octanol–water partition coefficient (Wildman–Crippen LogP) is 0.779. The molecule has 2 aromatic rings. The van der Waals surface area contributed by atoms with Gasteiger partial charge in [0.2, 0.25) is 5.89 Å². The molecule has 0 aliphatic heterocycles. The first-order valence-electron chi connectivity index (χ1n) is 6.40. The van der Waals surface area contributed by atoms with Crippen LogP contribution in [0.1, 0.15) is 47.7 Å². The van der Waals surface area contributed by atoms with Crippen LogP contribution in [0.5, 0.6) is 0 Å². The van der Waals surface area contributed by atoms with Crippen LogP contribution in [0.2, 0.25) is 0 Å². The summed E-state index contributed by atoms with van der Waals surface area (Å²) in [7, 11) is 0. The van der Waals surface area contributed by atoms with Gasteiger partial charge in [0.1, 0.15) is 0 Å². The minimum atomic E-state index is -0.318. The van der Waals surface area contributed by atoms with Crippen molar-refractivity contribution in [2.45, 2.75) is 33.1 Å². The van der Waals surface area contributed by atoms with Crippen LogP contribution < -0.4 is 11.1 Å². The number of aryl methyl sites for hydroxylation is 1. The number of hydrogen-bond acceptors (Lipinski definition) is 6. The van der Waals surface area contributed by atoms with Gasteiger partial charge in [0.25, 0.3) is 5.91 Å². The van der Waals surface area contributed by atoms with Crippen molar-refractivity contribution < 1.29 is 9.32 Å². The average Bonchev–Trinajstić information content (AvgIpc) is 2.95. The zero-order valence-corrected chi connectivity index (χ0v) is 11.7. The van der Waals surface area contributed by atoms with Crippen LogP contribution >= 0.6 is 0 Å². The van der Waals surface area contributed by atoms with Gasteiger partial charge in [-0.15, -0.1) is 0 Å². The lowest BCUT2D eigenvalue weighted by atomic mass is 10.1. The molecular weight excluding hydrogens is 260 g/mol. The number of nitrogens with one attached hydrogen (secondary N) is 2. The van der Waals surface area contributed by atoms with Crippen molar-refractivity contribution in [2.24, 2.45) is 0 Å². The van der Waals surface area contributed by atoms with Gasteiger partial charge >= 0.3 is 0 Å². The fraction of sp³-hybridized carbons (Fsp3) is 0.500. The molecule has 0 atom stereocenters. The molecule has 4 N–H and O–H groups in total. The van der Waals surface area contributed by atoms with Crippen molar-refractivity contribution in [3.05, 3.63) is 23.1 Å². The van der Waals surface area contributed by atoms with Gasteiger partial charge in [0, 0.05) is 13.0 Å². The predicted molar refractivity (Wildman–Crippen MR) is 72.2 cm³/mol. The number of nitrogen functional groups attached to an aromatic ring is 1. The molecule has 8 nitrogen and oxygen atoms in total. The van der Waals surface area contributed by atoms with Crippen LogP contribution in [-0.2, 0) is 6.42 Å². The number of anilines is 1. The molecule has 0 unspecified atom stereocenters. The summed E-state index contributed by atoms with van der Waals surface area (Å²) in [5, 5.41) is 13.1. The van der Waals surface area contributed by atoms with Crippen LogP contribution in [0.4, 0.5) is 5.69 Å². The standard InChI is InChI=1S/C12H18N6O2/c1-6(2)10-9(13)11(17-16-10)12(19)14-5-4-8-15-7(3)18-20-8/h6H,4-5,13H2,1-3H3,(H,14,19)(H,16,17). The fourth-order valence-corrected chi connectivity index (χ4v) is 1.79. The summed E-state index contributed by atoms with van der Waals surface area (Å²) < 4.78 is 4.95.